The molecule has 1 aromatic rings. The summed E-state index contributed by atoms with van der Waals surface area (Å²) >= 11 is 1.07. The van der Waals surface area contributed by atoms with Crippen LogP contribution in [0.4, 0.5) is 0 Å². The molecule has 2 aliphatic heterocycles. The highest BCUT2D eigenvalue weighted by molar-refractivity contribution is 7.91. The van der Waals surface area contributed by atoms with Gasteiger partial charge in [-0.2, -0.15) is 4.31 Å². The van der Waals surface area contributed by atoms with Crippen molar-refractivity contribution in [3.05, 3.63) is 17.0 Å². The van der Waals surface area contributed by atoms with Gasteiger partial charge in [0.25, 0.3) is 15.9 Å². The number of carbonyl (C=O) groups is 1. The van der Waals surface area contributed by atoms with Crippen molar-refractivity contribution in [3.63, 3.8) is 0 Å². The quantitative estimate of drug-likeness (QED) is 0.831. The first kappa shape index (κ1) is 18.8. The van der Waals surface area contributed by atoms with Gasteiger partial charge < -0.3 is 10.6 Å². The fourth-order valence-electron chi connectivity index (χ4n) is 3.41. The molecule has 6 nitrogen and oxygen atoms in total. The molecular weight excluding hydrogens is 358 g/mol. The molecule has 0 aliphatic carbocycles. The Hall–Kier alpha value is -0.960. The van der Waals surface area contributed by atoms with Gasteiger partial charge in [0.15, 0.2) is 0 Å². The van der Waals surface area contributed by atoms with Crippen LogP contribution < -0.4 is 10.6 Å². The van der Waals surface area contributed by atoms with Crippen LogP contribution in [0, 0.1) is 5.92 Å². The number of rotatable bonds is 4. The van der Waals surface area contributed by atoms with Gasteiger partial charge in [-0.1, -0.05) is 6.92 Å². The van der Waals surface area contributed by atoms with Gasteiger partial charge in [-0.05, 0) is 57.2 Å². The number of hydrogen-bond acceptors (Lipinski definition) is 5. The molecule has 0 spiro atoms. The third kappa shape index (κ3) is 4.24. The van der Waals surface area contributed by atoms with Crippen LogP contribution in [-0.4, -0.2) is 50.3 Å². The first-order chi connectivity index (χ1) is 11.9. The molecule has 2 N–H and O–H groups in total. The van der Waals surface area contributed by atoms with Crippen molar-refractivity contribution in [3.8, 4) is 0 Å². The monoisotopic (exact) mass is 385 g/mol. The van der Waals surface area contributed by atoms with Crippen molar-refractivity contribution in [2.45, 2.75) is 55.8 Å². The van der Waals surface area contributed by atoms with Gasteiger partial charge in [0.2, 0.25) is 0 Å². The summed E-state index contributed by atoms with van der Waals surface area (Å²) in [6.45, 7) is 6.32. The van der Waals surface area contributed by atoms with Crippen molar-refractivity contribution in [2.24, 2.45) is 5.92 Å². The van der Waals surface area contributed by atoms with Crippen molar-refractivity contribution in [2.75, 3.05) is 19.6 Å². The zero-order valence-corrected chi connectivity index (χ0v) is 16.5. The highest BCUT2D eigenvalue weighted by Crippen LogP contribution is 2.28. The smallest absolute Gasteiger partial charge is 0.261 e. The van der Waals surface area contributed by atoms with E-state index < -0.39 is 10.0 Å². The Morgan fingerprint density at radius 3 is 2.64 bits per heavy atom. The van der Waals surface area contributed by atoms with E-state index in [1.165, 1.54) is 0 Å². The summed E-state index contributed by atoms with van der Waals surface area (Å²) in [6, 6.07) is 3.51. The van der Waals surface area contributed by atoms with Gasteiger partial charge in [0, 0.05) is 25.2 Å². The average Bonchev–Trinajstić information content (AvgIpc) is 3.08. The standard InChI is InChI=1S/C17H27N3O3S2/c1-12-7-10-20(11-8-12)25(22,23)16-6-5-15(24-16)17(21)19-14-4-3-9-18-13(14)2/h5-6,12-14,18H,3-4,7-11H2,1-2H3,(H,19,21). The predicted molar refractivity (Wildman–Crippen MR) is 99.4 cm³/mol. The molecule has 0 saturated carbocycles. The number of amides is 1. The Morgan fingerprint density at radius 1 is 1.24 bits per heavy atom. The van der Waals surface area contributed by atoms with E-state index in [0.29, 0.717) is 23.9 Å². The van der Waals surface area contributed by atoms with E-state index in [-0.39, 0.29) is 22.2 Å². The molecule has 2 aliphatic rings. The first-order valence-corrected chi connectivity index (χ1v) is 11.3. The molecule has 0 radical (unpaired) electrons. The Balaban J connectivity index is 1.68. The van der Waals surface area contributed by atoms with Crippen LogP contribution in [-0.2, 0) is 10.0 Å². The van der Waals surface area contributed by atoms with Crippen molar-refractivity contribution in [1.82, 2.24) is 14.9 Å². The molecule has 8 heteroatoms. The Labute approximate surface area is 154 Å². The number of thiophene rings is 1. The van der Waals surface area contributed by atoms with Gasteiger partial charge >= 0.3 is 0 Å². The lowest BCUT2D eigenvalue weighted by atomic mass is 10.00. The van der Waals surface area contributed by atoms with Crippen molar-refractivity contribution in [1.29, 1.82) is 0 Å². The predicted octanol–water partition coefficient (Wildman–Crippen LogP) is 2.04. The molecular formula is C17H27N3O3S2. The zero-order valence-electron chi connectivity index (χ0n) is 14.8. The van der Waals surface area contributed by atoms with Crippen LogP contribution in [0.25, 0.3) is 0 Å². The van der Waals surface area contributed by atoms with Crippen molar-refractivity contribution >= 4 is 27.3 Å². The first-order valence-electron chi connectivity index (χ1n) is 9.02. The Bertz CT molecular complexity index is 708. The van der Waals surface area contributed by atoms with E-state index >= 15 is 0 Å². The van der Waals surface area contributed by atoms with Gasteiger partial charge in [-0.3, -0.25) is 4.79 Å². The minimum Gasteiger partial charge on any atom is -0.347 e. The van der Waals surface area contributed by atoms with E-state index in [1.54, 1.807) is 16.4 Å². The van der Waals surface area contributed by atoms with E-state index in [4.69, 9.17) is 0 Å². The van der Waals surface area contributed by atoms with E-state index in [0.717, 1.165) is 43.6 Å². The lowest BCUT2D eigenvalue weighted by Gasteiger charge is -2.30. The lowest BCUT2D eigenvalue weighted by Crippen LogP contribution is -2.51. The van der Waals surface area contributed by atoms with Gasteiger partial charge in [-0.15, -0.1) is 11.3 Å². The van der Waals surface area contributed by atoms with Crippen LogP contribution in [0.2, 0.25) is 0 Å². The summed E-state index contributed by atoms with van der Waals surface area (Å²) < 4.78 is 27.3. The number of carbonyl (C=O) groups excluding carboxylic acids is 1. The summed E-state index contributed by atoms with van der Waals surface area (Å²) in [5, 5.41) is 6.39. The van der Waals surface area contributed by atoms with E-state index in [2.05, 4.69) is 24.5 Å². The van der Waals surface area contributed by atoms with Crippen LogP contribution >= 0.6 is 11.3 Å². The van der Waals surface area contributed by atoms with Gasteiger partial charge in [-0.25, -0.2) is 8.42 Å². The third-order valence-corrected chi connectivity index (χ3v) is 8.67. The molecule has 25 heavy (non-hydrogen) atoms. The number of nitrogens with zero attached hydrogens (tertiary/aromatic N) is 1. The topological polar surface area (TPSA) is 78.5 Å². The van der Waals surface area contributed by atoms with Crippen LogP contribution in [0.15, 0.2) is 16.3 Å². The normalized spacial score (nSPS) is 26.5. The van der Waals surface area contributed by atoms with E-state index in [9.17, 15) is 13.2 Å². The minimum absolute atomic E-state index is 0.0898. The maximum absolute atomic E-state index is 12.8. The summed E-state index contributed by atoms with van der Waals surface area (Å²) in [4.78, 5) is 12.9. The highest BCUT2D eigenvalue weighted by Gasteiger charge is 2.30. The molecule has 3 rings (SSSR count). The van der Waals surface area contributed by atoms with E-state index in [1.807, 2.05) is 0 Å². The molecule has 2 unspecified atom stereocenters. The second-order valence-electron chi connectivity index (χ2n) is 7.17. The second kappa shape index (κ2) is 7.73. The van der Waals surface area contributed by atoms with Gasteiger partial charge in [0.05, 0.1) is 4.88 Å². The molecule has 2 saturated heterocycles. The summed E-state index contributed by atoms with van der Waals surface area (Å²) in [7, 11) is -3.48. The minimum atomic E-state index is -3.48. The maximum Gasteiger partial charge on any atom is 0.261 e. The summed E-state index contributed by atoms with van der Waals surface area (Å²) in [5.74, 6) is 0.390. The van der Waals surface area contributed by atoms with Crippen LogP contribution in [0.3, 0.4) is 0 Å². The average molecular weight is 386 g/mol. The number of hydrogen-bond donors (Lipinski definition) is 2. The molecule has 0 bridgehead atoms. The SMILES string of the molecule is CC1CCN(S(=O)(=O)c2ccc(C(=O)NC3CCCNC3C)s2)CC1. The summed E-state index contributed by atoms with van der Waals surface area (Å²) in [5.41, 5.74) is 0. The molecule has 140 valence electrons. The maximum atomic E-state index is 12.8. The fourth-order valence-corrected chi connectivity index (χ4v) is 6.25. The zero-order chi connectivity index (χ0) is 18.0. The largest absolute Gasteiger partial charge is 0.347 e. The number of nitrogens with one attached hydrogen (secondary N) is 2. The Kier molecular flexibility index (Phi) is 5.82. The molecule has 3 heterocycles. The molecule has 0 aromatic carbocycles. The Morgan fingerprint density at radius 2 is 1.96 bits per heavy atom. The van der Waals surface area contributed by atoms with Crippen LogP contribution in [0.5, 0.6) is 0 Å². The molecule has 1 amide bonds. The number of sulfonamides is 1. The van der Waals surface area contributed by atoms with Gasteiger partial charge in [0.1, 0.15) is 4.21 Å². The highest BCUT2D eigenvalue weighted by atomic mass is 32.2. The molecule has 1 aromatic heterocycles. The summed E-state index contributed by atoms with van der Waals surface area (Å²) in [6.07, 6.45) is 3.77. The van der Waals surface area contributed by atoms with Crippen molar-refractivity contribution < 1.29 is 13.2 Å². The molecule has 2 atom stereocenters. The van der Waals surface area contributed by atoms with Crippen LogP contribution in [0.1, 0.15) is 49.2 Å². The lowest BCUT2D eigenvalue weighted by molar-refractivity contribution is 0.0924. The fraction of sp³-hybridized carbons (Fsp3) is 0.706. The molecule has 2 fully saturated rings. The number of piperidine rings is 2. The second-order valence-corrected chi connectivity index (χ2v) is 10.4. The third-order valence-electron chi connectivity index (χ3n) is 5.22.